The van der Waals surface area contributed by atoms with Gasteiger partial charge in [0.25, 0.3) is 0 Å². The molecule has 25 heavy (non-hydrogen) atoms. The lowest BCUT2D eigenvalue weighted by Gasteiger charge is -2.22. The minimum Gasteiger partial charge on any atom is -0.352 e. The molecule has 2 fully saturated rings. The second-order valence-corrected chi connectivity index (χ2v) is 8.63. The van der Waals surface area contributed by atoms with Crippen LogP contribution >= 0.6 is 11.8 Å². The van der Waals surface area contributed by atoms with E-state index < -0.39 is 0 Å². The SMILES string of the molecule is C=CCn1c(S[C@@H](C)C(=O)NC2CCCC2)nnc1C1CCCCC1. The molecular weight excluding hydrogens is 332 g/mol. The van der Waals surface area contributed by atoms with Gasteiger partial charge in [0, 0.05) is 18.5 Å². The number of rotatable bonds is 7. The van der Waals surface area contributed by atoms with Gasteiger partial charge in [-0.15, -0.1) is 16.8 Å². The standard InChI is InChI=1S/C19H30N4OS/c1-3-13-23-17(15-9-5-4-6-10-15)21-22-19(23)25-14(2)18(24)20-16-11-7-8-12-16/h3,14-16H,1,4-13H2,2H3,(H,20,24)/t14-/m0/s1. The van der Waals surface area contributed by atoms with E-state index in [0.717, 1.165) is 23.8 Å². The molecule has 0 spiro atoms. The van der Waals surface area contributed by atoms with Gasteiger partial charge in [-0.2, -0.15) is 0 Å². The van der Waals surface area contributed by atoms with Gasteiger partial charge >= 0.3 is 0 Å². The van der Waals surface area contributed by atoms with E-state index in [4.69, 9.17) is 0 Å². The van der Waals surface area contributed by atoms with Crippen molar-refractivity contribution in [3.8, 4) is 0 Å². The first-order valence-electron chi connectivity index (χ1n) is 9.70. The summed E-state index contributed by atoms with van der Waals surface area (Å²) in [4.78, 5) is 12.5. The fraction of sp³-hybridized carbons (Fsp3) is 0.737. The summed E-state index contributed by atoms with van der Waals surface area (Å²) in [5.74, 6) is 1.69. The summed E-state index contributed by atoms with van der Waals surface area (Å²) >= 11 is 1.52. The maximum absolute atomic E-state index is 12.5. The largest absolute Gasteiger partial charge is 0.352 e. The van der Waals surface area contributed by atoms with E-state index >= 15 is 0 Å². The molecule has 1 atom stereocenters. The first kappa shape index (κ1) is 18.5. The Bertz CT molecular complexity index is 588. The van der Waals surface area contributed by atoms with Gasteiger partial charge in [-0.1, -0.05) is 49.9 Å². The lowest BCUT2D eigenvalue weighted by molar-refractivity contribution is -0.120. The van der Waals surface area contributed by atoms with Crippen LogP contribution in [0.3, 0.4) is 0 Å². The maximum atomic E-state index is 12.5. The Balaban J connectivity index is 1.66. The van der Waals surface area contributed by atoms with Crippen LogP contribution in [-0.2, 0) is 11.3 Å². The molecule has 1 aromatic heterocycles. The van der Waals surface area contributed by atoms with Crippen LogP contribution in [0.5, 0.6) is 0 Å². The van der Waals surface area contributed by atoms with Gasteiger partial charge in [0.2, 0.25) is 5.91 Å². The van der Waals surface area contributed by atoms with Crippen molar-refractivity contribution in [2.75, 3.05) is 0 Å². The van der Waals surface area contributed by atoms with Crippen LogP contribution in [0.15, 0.2) is 17.8 Å². The molecule has 1 aromatic rings. The van der Waals surface area contributed by atoms with Crippen molar-refractivity contribution < 1.29 is 4.79 Å². The minimum absolute atomic E-state index is 0.115. The first-order chi connectivity index (χ1) is 12.2. The molecule has 1 heterocycles. The van der Waals surface area contributed by atoms with E-state index in [-0.39, 0.29) is 11.2 Å². The average molecular weight is 363 g/mol. The average Bonchev–Trinajstić information content (AvgIpc) is 3.26. The fourth-order valence-electron chi connectivity index (χ4n) is 3.95. The van der Waals surface area contributed by atoms with E-state index in [1.807, 2.05) is 13.0 Å². The molecule has 0 aromatic carbocycles. The molecule has 2 aliphatic rings. The third-order valence-electron chi connectivity index (χ3n) is 5.38. The van der Waals surface area contributed by atoms with E-state index in [2.05, 4.69) is 26.7 Å². The Labute approximate surface area is 155 Å². The third kappa shape index (κ3) is 4.66. The number of hydrogen-bond acceptors (Lipinski definition) is 4. The van der Waals surface area contributed by atoms with Gasteiger partial charge in [-0.25, -0.2) is 0 Å². The molecule has 0 radical (unpaired) electrons. The summed E-state index contributed by atoms with van der Waals surface area (Å²) in [7, 11) is 0. The third-order valence-corrected chi connectivity index (χ3v) is 6.46. The van der Waals surface area contributed by atoms with Crippen LogP contribution in [0.4, 0.5) is 0 Å². The summed E-state index contributed by atoms with van der Waals surface area (Å²) in [6.07, 6.45) is 12.8. The molecule has 6 heteroatoms. The number of thioether (sulfide) groups is 1. The summed E-state index contributed by atoms with van der Waals surface area (Å²) in [6, 6.07) is 0.361. The Morgan fingerprint density at radius 1 is 1.24 bits per heavy atom. The highest BCUT2D eigenvalue weighted by Gasteiger charge is 2.26. The molecule has 0 saturated heterocycles. The van der Waals surface area contributed by atoms with Gasteiger partial charge in [-0.3, -0.25) is 4.79 Å². The Kier molecular flexibility index (Phi) is 6.57. The predicted octanol–water partition coefficient (Wildman–Crippen LogP) is 4.05. The van der Waals surface area contributed by atoms with E-state index in [0.29, 0.717) is 18.5 Å². The van der Waals surface area contributed by atoms with Crippen molar-refractivity contribution in [1.29, 1.82) is 0 Å². The quantitative estimate of drug-likeness (QED) is 0.587. The van der Waals surface area contributed by atoms with Crippen molar-refractivity contribution in [3.05, 3.63) is 18.5 Å². The molecule has 1 amide bonds. The second kappa shape index (κ2) is 8.88. The van der Waals surface area contributed by atoms with Crippen LogP contribution in [0, 0.1) is 0 Å². The summed E-state index contributed by atoms with van der Waals surface area (Å²) in [6.45, 7) is 6.55. The monoisotopic (exact) mass is 362 g/mol. The minimum atomic E-state index is -0.160. The molecule has 1 N–H and O–H groups in total. The molecular formula is C19H30N4OS. The zero-order valence-electron chi connectivity index (χ0n) is 15.2. The molecule has 2 saturated carbocycles. The maximum Gasteiger partial charge on any atom is 0.233 e. The lowest BCUT2D eigenvalue weighted by Crippen LogP contribution is -2.37. The topological polar surface area (TPSA) is 59.8 Å². The van der Waals surface area contributed by atoms with Gasteiger partial charge in [0.15, 0.2) is 5.16 Å². The van der Waals surface area contributed by atoms with Crippen molar-refractivity contribution in [2.45, 2.75) is 93.6 Å². The van der Waals surface area contributed by atoms with Crippen LogP contribution in [0.2, 0.25) is 0 Å². The molecule has 5 nitrogen and oxygen atoms in total. The molecule has 138 valence electrons. The molecule has 3 rings (SSSR count). The zero-order chi connectivity index (χ0) is 17.6. The van der Waals surface area contributed by atoms with E-state index in [9.17, 15) is 4.79 Å². The lowest BCUT2D eigenvalue weighted by atomic mass is 9.89. The van der Waals surface area contributed by atoms with Gasteiger partial charge in [0.05, 0.1) is 5.25 Å². The molecule has 0 aliphatic heterocycles. The first-order valence-corrected chi connectivity index (χ1v) is 10.6. The predicted molar refractivity (Wildman–Crippen MR) is 102 cm³/mol. The molecule has 0 unspecified atom stereocenters. The van der Waals surface area contributed by atoms with Gasteiger partial charge in [-0.05, 0) is 32.6 Å². The summed E-state index contributed by atoms with van der Waals surface area (Å²) < 4.78 is 2.16. The number of nitrogens with zero attached hydrogens (tertiary/aromatic N) is 3. The molecule has 2 aliphatic carbocycles. The van der Waals surface area contributed by atoms with Crippen LogP contribution < -0.4 is 5.32 Å². The van der Waals surface area contributed by atoms with Crippen LogP contribution in [0.25, 0.3) is 0 Å². The van der Waals surface area contributed by atoms with Gasteiger partial charge in [0.1, 0.15) is 5.82 Å². The Morgan fingerprint density at radius 3 is 2.60 bits per heavy atom. The normalized spacial score (nSPS) is 20.5. The number of nitrogens with one attached hydrogen (secondary N) is 1. The van der Waals surface area contributed by atoms with Gasteiger partial charge < -0.3 is 9.88 Å². The highest BCUT2D eigenvalue weighted by molar-refractivity contribution is 8.00. The van der Waals surface area contributed by atoms with Crippen molar-refractivity contribution >= 4 is 17.7 Å². The second-order valence-electron chi connectivity index (χ2n) is 7.33. The summed E-state index contributed by atoms with van der Waals surface area (Å²) in [5.41, 5.74) is 0. The van der Waals surface area contributed by atoms with Crippen LogP contribution in [0.1, 0.15) is 76.5 Å². The number of carbonyl (C=O) groups excluding carboxylic acids is 1. The number of aromatic nitrogens is 3. The number of amides is 1. The van der Waals surface area contributed by atoms with Crippen molar-refractivity contribution in [1.82, 2.24) is 20.1 Å². The smallest absolute Gasteiger partial charge is 0.233 e. The zero-order valence-corrected chi connectivity index (χ0v) is 16.1. The van der Waals surface area contributed by atoms with E-state index in [1.165, 1.54) is 56.7 Å². The Morgan fingerprint density at radius 2 is 1.92 bits per heavy atom. The summed E-state index contributed by atoms with van der Waals surface area (Å²) in [5, 5.41) is 12.8. The molecule has 0 bridgehead atoms. The van der Waals surface area contributed by atoms with Crippen LogP contribution in [-0.4, -0.2) is 32.0 Å². The number of carbonyl (C=O) groups is 1. The number of allylic oxidation sites excluding steroid dienone is 1. The van der Waals surface area contributed by atoms with E-state index in [1.54, 1.807) is 0 Å². The van der Waals surface area contributed by atoms with Crippen molar-refractivity contribution in [2.24, 2.45) is 0 Å². The Hall–Kier alpha value is -1.30. The highest BCUT2D eigenvalue weighted by Crippen LogP contribution is 2.34. The fourth-order valence-corrected chi connectivity index (χ4v) is 4.83. The number of hydrogen-bond donors (Lipinski definition) is 1. The van der Waals surface area contributed by atoms with Crippen molar-refractivity contribution in [3.63, 3.8) is 0 Å². The highest BCUT2D eigenvalue weighted by atomic mass is 32.2.